The number of hydrogen-bond donors (Lipinski definition) is 3. The van der Waals surface area contributed by atoms with Crippen molar-refractivity contribution in [2.24, 2.45) is 0 Å². The molecular formula is C20H21N3. The van der Waals surface area contributed by atoms with Crippen LogP contribution in [0, 0.1) is 0 Å². The quantitative estimate of drug-likeness (QED) is 0.644. The molecule has 23 heavy (non-hydrogen) atoms. The summed E-state index contributed by atoms with van der Waals surface area (Å²) < 4.78 is 0. The van der Waals surface area contributed by atoms with Crippen LogP contribution in [0.4, 0.5) is 17.1 Å². The zero-order chi connectivity index (χ0) is 16.2. The third kappa shape index (κ3) is 3.46. The van der Waals surface area contributed by atoms with E-state index >= 15 is 0 Å². The van der Waals surface area contributed by atoms with Crippen molar-refractivity contribution in [2.45, 2.75) is 12.8 Å². The fraction of sp³-hybridized carbons (Fsp3) is 0.100. The van der Waals surface area contributed by atoms with E-state index in [1.807, 2.05) is 54.6 Å². The molecular weight excluding hydrogens is 282 g/mol. The van der Waals surface area contributed by atoms with Crippen LogP contribution in [0.1, 0.15) is 22.3 Å². The minimum absolute atomic E-state index is 0.742. The van der Waals surface area contributed by atoms with Crippen LogP contribution in [0.5, 0.6) is 0 Å². The fourth-order valence-corrected chi connectivity index (χ4v) is 2.73. The molecule has 0 aromatic heterocycles. The van der Waals surface area contributed by atoms with Gasteiger partial charge in [-0.2, -0.15) is 0 Å². The van der Waals surface area contributed by atoms with Crippen molar-refractivity contribution in [2.75, 3.05) is 17.2 Å². The van der Waals surface area contributed by atoms with Crippen LogP contribution in [0.2, 0.25) is 0 Å². The van der Waals surface area contributed by atoms with Gasteiger partial charge < -0.3 is 17.2 Å². The Morgan fingerprint density at radius 1 is 0.522 bits per heavy atom. The molecule has 3 heteroatoms. The average molecular weight is 303 g/mol. The topological polar surface area (TPSA) is 78.1 Å². The molecule has 0 fully saturated rings. The van der Waals surface area contributed by atoms with E-state index in [-0.39, 0.29) is 0 Å². The molecule has 0 aliphatic carbocycles. The van der Waals surface area contributed by atoms with Crippen LogP contribution in [-0.2, 0) is 12.8 Å². The van der Waals surface area contributed by atoms with E-state index in [1.165, 1.54) is 0 Å². The molecule has 0 unspecified atom stereocenters. The molecule has 0 bridgehead atoms. The van der Waals surface area contributed by atoms with E-state index in [9.17, 15) is 0 Å². The van der Waals surface area contributed by atoms with Crippen molar-refractivity contribution >= 4 is 17.1 Å². The molecule has 0 radical (unpaired) electrons. The lowest BCUT2D eigenvalue weighted by atomic mass is 9.97. The molecule has 0 amide bonds. The SMILES string of the molecule is Nc1ccccc1Cc1ccc(Cc2ccccc2N)c(N)c1. The summed E-state index contributed by atoms with van der Waals surface area (Å²) in [5, 5.41) is 0. The molecule has 0 heterocycles. The maximum Gasteiger partial charge on any atom is 0.0352 e. The van der Waals surface area contributed by atoms with Crippen molar-refractivity contribution in [3.8, 4) is 0 Å². The Bertz CT molecular complexity index is 825. The molecule has 0 atom stereocenters. The van der Waals surface area contributed by atoms with Crippen LogP contribution in [0.25, 0.3) is 0 Å². The Labute approximate surface area is 136 Å². The maximum atomic E-state index is 6.24. The number of anilines is 3. The molecule has 3 aromatic carbocycles. The summed E-state index contributed by atoms with van der Waals surface area (Å²) in [6, 6.07) is 22.0. The van der Waals surface area contributed by atoms with E-state index in [0.29, 0.717) is 0 Å². The second-order valence-electron chi connectivity index (χ2n) is 5.78. The van der Waals surface area contributed by atoms with Crippen LogP contribution < -0.4 is 17.2 Å². The average Bonchev–Trinajstić information content (AvgIpc) is 2.54. The summed E-state index contributed by atoms with van der Waals surface area (Å²) in [6.45, 7) is 0. The van der Waals surface area contributed by atoms with Gasteiger partial charge in [0.05, 0.1) is 0 Å². The Morgan fingerprint density at radius 2 is 1.04 bits per heavy atom. The van der Waals surface area contributed by atoms with E-state index in [0.717, 1.165) is 52.2 Å². The molecule has 0 aliphatic rings. The number of rotatable bonds is 4. The molecule has 0 aliphatic heterocycles. The Kier molecular flexibility index (Phi) is 4.20. The van der Waals surface area contributed by atoms with Crippen molar-refractivity contribution in [1.82, 2.24) is 0 Å². The zero-order valence-electron chi connectivity index (χ0n) is 13.0. The normalized spacial score (nSPS) is 10.6. The predicted octanol–water partition coefficient (Wildman–Crippen LogP) is 3.61. The first-order valence-corrected chi connectivity index (χ1v) is 7.67. The predicted molar refractivity (Wildman–Crippen MR) is 98.2 cm³/mol. The molecule has 3 aromatic rings. The van der Waals surface area contributed by atoms with Crippen molar-refractivity contribution in [3.63, 3.8) is 0 Å². The second kappa shape index (κ2) is 6.44. The molecule has 3 rings (SSSR count). The van der Waals surface area contributed by atoms with Gasteiger partial charge in [-0.1, -0.05) is 48.5 Å². The summed E-state index contributed by atoms with van der Waals surface area (Å²) in [7, 11) is 0. The summed E-state index contributed by atoms with van der Waals surface area (Å²) in [4.78, 5) is 0. The molecule has 3 nitrogen and oxygen atoms in total. The number of benzene rings is 3. The molecule has 116 valence electrons. The van der Waals surface area contributed by atoms with Gasteiger partial charge in [-0.25, -0.2) is 0 Å². The van der Waals surface area contributed by atoms with Crippen LogP contribution in [0.3, 0.4) is 0 Å². The van der Waals surface area contributed by atoms with Gasteiger partial charge in [0.1, 0.15) is 0 Å². The van der Waals surface area contributed by atoms with Crippen LogP contribution in [0.15, 0.2) is 66.7 Å². The standard InChI is InChI=1S/C20H21N3/c21-18-7-3-1-5-15(18)11-14-9-10-17(20(23)12-14)13-16-6-2-4-8-19(16)22/h1-10,12H,11,13,21-23H2. The van der Waals surface area contributed by atoms with Gasteiger partial charge in [-0.3, -0.25) is 0 Å². The Morgan fingerprint density at radius 3 is 1.61 bits per heavy atom. The van der Waals surface area contributed by atoms with Crippen molar-refractivity contribution in [3.05, 3.63) is 89.0 Å². The van der Waals surface area contributed by atoms with Gasteiger partial charge in [0, 0.05) is 23.5 Å². The monoisotopic (exact) mass is 303 g/mol. The van der Waals surface area contributed by atoms with Crippen molar-refractivity contribution < 1.29 is 0 Å². The number of para-hydroxylation sites is 2. The van der Waals surface area contributed by atoms with Gasteiger partial charge >= 0.3 is 0 Å². The maximum absolute atomic E-state index is 6.24. The largest absolute Gasteiger partial charge is 0.398 e. The first-order chi connectivity index (χ1) is 11.1. The summed E-state index contributed by atoms with van der Waals surface area (Å²) >= 11 is 0. The Hall–Kier alpha value is -2.94. The van der Waals surface area contributed by atoms with Gasteiger partial charge in [-0.15, -0.1) is 0 Å². The summed E-state index contributed by atoms with van der Waals surface area (Å²) in [5.41, 5.74) is 25.1. The zero-order valence-corrected chi connectivity index (χ0v) is 13.0. The number of nitrogen functional groups attached to an aromatic ring is 3. The van der Waals surface area contributed by atoms with E-state index < -0.39 is 0 Å². The summed E-state index contributed by atoms with van der Waals surface area (Å²) in [6.07, 6.45) is 1.52. The smallest absolute Gasteiger partial charge is 0.0352 e. The highest BCUT2D eigenvalue weighted by Crippen LogP contribution is 2.23. The van der Waals surface area contributed by atoms with Crippen molar-refractivity contribution in [1.29, 1.82) is 0 Å². The highest BCUT2D eigenvalue weighted by Gasteiger charge is 2.06. The lowest BCUT2D eigenvalue weighted by Crippen LogP contribution is -2.01. The second-order valence-corrected chi connectivity index (χ2v) is 5.78. The molecule has 0 spiro atoms. The van der Waals surface area contributed by atoms with Gasteiger partial charge in [-0.05, 0) is 46.9 Å². The fourth-order valence-electron chi connectivity index (χ4n) is 2.73. The molecule has 0 saturated carbocycles. The third-order valence-corrected chi connectivity index (χ3v) is 4.10. The van der Waals surface area contributed by atoms with E-state index in [4.69, 9.17) is 17.2 Å². The highest BCUT2D eigenvalue weighted by molar-refractivity contribution is 5.56. The first-order valence-electron chi connectivity index (χ1n) is 7.67. The third-order valence-electron chi connectivity index (χ3n) is 4.10. The minimum Gasteiger partial charge on any atom is -0.398 e. The number of nitrogens with two attached hydrogens (primary N) is 3. The molecule has 6 N–H and O–H groups in total. The van der Waals surface area contributed by atoms with Crippen LogP contribution in [-0.4, -0.2) is 0 Å². The lowest BCUT2D eigenvalue weighted by molar-refractivity contribution is 1.16. The molecule has 0 saturated heterocycles. The van der Waals surface area contributed by atoms with Gasteiger partial charge in [0.15, 0.2) is 0 Å². The van der Waals surface area contributed by atoms with Crippen LogP contribution >= 0.6 is 0 Å². The lowest BCUT2D eigenvalue weighted by Gasteiger charge is -2.11. The van der Waals surface area contributed by atoms with Gasteiger partial charge in [0.25, 0.3) is 0 Å². The van der Waals surface area contributed by atoms with E-state index in [2.05, 4.69) is 12.1 Å². The first kappa shape index (κ1) is 15.0. The highest BCUT2D eigenvalue weighted by atomic mass is 14.6. The van der Waals surface area contributed by atoms with E-state index in [1.54, 1.807) is 0 Å². The van der Waals surface area contributed by atoms with Gasteiger partial charge in [0.2, 0.25) is 0 Å². The Balaban J connectivity index is 1.81. The number of hydrogen-bond acceptors (Lipinski definition) is 3. The summed E-state index contributed by atoms with van der Waals surface area (Å²) in [5.74, 6) is 0. The minimum atomic E-state index is 0.742.